The van der Waals surface area contributed by atoms with Gasteiger partial charge in [-0.05, 0) is 48.6 Å². The number of ether oxygens (including phenoxy) is 1. The molecule has 0 bridgehead atoms. The number of nitrogens with one attached hydrogen (secondary N) is 2. The molecule has 1 aromatic heterocycles. The Morgan fingerprint density at radius 2 is 1.92 bits per heavy atom. The van der Waals surface area contributed by atoms with Gasteiger partial charge in [-0.25, -0.2) is 13.1 Å². The van der Waals surface area contributed by atoms with E-state index in [-0.39, 0.29) is 16.2 Å². The third-order valence-corrected chi connectivity index (χ3v) is 7.28. The van der Waals surface area contributed by atoms with Gasteiger partial charge in [-0.3, -0.25) is 4.79 Å². The summed E-state index contributed by atoms with van der Waals surface area (Å²) in [7, 11) is -2.02. The lowest BCUT2D eigenvalue weighted by Crippen LogP contribution is -2.29. The van der Waals surface area contributed by atoms with Crippen LogP contribution in [0.15, 0.2) is 40.6 Å². The third kappa shape index (κ3) is 4.63. The summed E-state index contributed by atoms with van der Waals surface area (Å²) in [6.07, 6.45) is 2.02. The van der Waals surface area contributed by atoms with Crippen molar-refractivity contribution in [2.45, 2.75) is 36.6 Å². The zero-order valence-electron chi connectivity index (χ0n) is 14.7. The van der Waals surface area contributed by atoms with Crippen molar-refractivity contribution in [3.8, 4) is 5.75 Å². The van der Waals surface area contributed by atoms with Crippen LogP contribution in [0.1, 0.15) is 36.2 Å². The Morgan fingerprint density at radius 3 is 2.50 bits per heavy atom. The number of benzene rings is 1. The number of thiophene rings is 1. The quantitative estimate of drug-likeness (QED) is 0.721. The van der Waals surface area contributed by atoms with Gasteiger partial charge < -0.3 is 10.1 Å². The molecule has 1 unspecified atom stereocenters. The van der Waals surface area contributed by atoms with Crippen LogP contribution < -0.4 is 14.8 Å². The lowest BCUT2D eigenvalue weighted by molar-refractivity contribution is -0.119. The van der Waals surface area contributed by atoms with E-state index < -0.39 is 10.0 Å². The fraction of sp³-hybridized carbons (Fsp3) is 0.389. The zero-order chi connectivity index (χ0) is 18.7. The van der Waals surface area contributed by atoms with Gasteiger partial charge in [0.1, 0.15) is 9.96 Å². The van der Waals surface area contributed by atoms with Crippen LogP contribution in [0.3, 0.4) is 0 Å². The highest BCUT2D eigenvalue weighted by Crippen LogP contribution is 2.42. The summed E-state index contributed by atoms with van der Waals surface area (Å²) < 4.78 is 33.9. The molecule has 1 aliphatic carbocycles. The van der Waals surface area contributed by atoms with Crippen molar-refractivity contribution in [3.63, 3.8) is 0 Å². The summed E-state index contributed by atoms with van der Waals surface area (Å²) >= 11 is 1.17. The predicted octanol–water partition coefficient (Wildman–Crippen LogP) is 2.82. The van der Waals surface area contributed by atoms with Gasteiger partial charge in [0.25, 0.3) is 10.0 Å². The molecule has 2 aromatic rings. The van der Waals surface area contributed by atoms with Gasteiger partial charge >= 0.3 is 0 Å². The molecule has 26 heavy (non-hydrogen) atoms. The van der Waals surface area contributed by atoms with Gasteiger partial charge in [0, 0.05) is 17.8 Å². The normalized spacial score (nSPS) is 15.5. The first-order valence-electron chi connectivity index (χ1n) is 8.38. The number of rotatable bonds is 8. The van der Waals surface area contributed by atoms with Crippen LogP contribution in [0.4, 0.5) is 0 Å². The Morgan fingerprint density at radius 1 is 1.23 bits per heavy atom. The standard InChI is InChI=1S/C18H22N2O4S2/c1-12(21)19-11-16-9-10-17(25-16)26(22,23)20-18(13-3-4-13)14-5-7-15(24-2)8-6-14/h5-10,13,18,20H,3-4,11H2,1-2H3,(H,19,21). The molecule has 0 spiro atoms. The first-order chi connectivity index (χ1) is 12.4. The Bertz CT molecular complexity index is 871. The maximum atomic E-state index is 12.8. The van der Waals surface area contributed by atoms with E-state index >= 15 is 0 Å². The van der Waals surface area contributed by atoms with E-state index in [1.54, 1.807) is 19.2 Å². The van der Waals surface area contributed by atoms with Crippen LogP contribution in [0.2, 0.25) is 0 Å². The second-order valence-electron chi connectivity index (χ2n) is 6.34. The number of carbonyl (C=O) groups is 1. The van der Waals surface area contributed by atoms with Gasteiger partial charge in [0.05, 0.1) is 13.7 Å². The SMILES string of the molecule is COc1ccc(C(NS(=O)(=O)c2ccc(CNC(C)=O)s2)C2CC2)cc1. The van der Waals surface area contributed by atoms with E-state index in [9.17, 15) is 13.2 Å². The van der Waals surface area contributed by atoms with Gasteiger partial charge in [0.2, 0.25) is 5.91 Å². The Labute approximate surface area is 157 Å². The molecule has 1 atom stereocenters. The third-order valence-electron chi connectivity index (χ3n) is 4.26. The fourth-order valence-corrected chi connectivity index (χ4v) is 5.32. The van der Waals surface area contributed by atoms with Gasteiger partial charge in [-0.2, -0.15) is 0 Å². The van der Waals surface area contributed by atoms with Crippen molar-refractivity contribution in [1.82, 2.24) is 10.0 Å². The van der Waals surface area contributed by atoms with E-state index in [0.29, 0.717) is 12.5 Å². The summed E-state index contributed by atoms with van der Waals surface area (Å²) in [4.78, 5) is 11.8. The van der Waals surface area contributed by atoms with Crippen LogP contribution in [-0.4, -0.2) is 21.4 Å². The molecule has 0 radical (unpaired) electrons. The van der Waals surface area contributed by atoms with Crippen LogP contribution in [0.25, 0.3) is 0 Å². The highest BCUT2D eigenvalue weighted by atomic mass is 32.2. The fourth-order valence-electron chi connectivity index (χ4n) is 2.71. The topological polar surface area (TPSA) is 84.5 Å². The van der Waals surface area contributed by atoms with Crippen LogP contribution >= 0.6 is 11.3 Å². The molecule has 1 aliphatic rings. The van der Waals surface area contributed by atoms with E-state index in [4.69, 9.17) is 4.74 Å². The Balaban J connectivity index is 1.76. The van der Waals surface area contributed by atoms with Gasteiger partial charge in [0.15, 0.2) is 0 Å². The highest BCUT2D eigenvalue weighted by molar-refractivity contribution is 7.91. The van der Waals surface area contributed by atoms with Gasteiger partial charge in [-0.1, -0.05) is 12.1 Å². The van der Waals surface area contributed by atoms with E-state index in [1.165, 1.54) is 18.3 Å². The minimum absolute atomic E-state index is 0.144. The molecule has 8 heteroatoms. The minimum Gasteiger partial charge on any atom is -0.497 e. The number of carbonyl (C=O) groups excluding carboxylic acids is 1. The first kappa shape index (κ1) is 18.9. The summed E-state index contributed by atoms with van der Waals surface area (Å²) in [5.74, 6) is 0.915. The second kappa shape index (κ2) is 7.77. The molecule has 6 nitrogen and oxygen atoms in total. The smallest absolute Gasteiger partial charge is 0.250 e. The summed E-state index contributed by atoms with van der Waals surface area (Å²) in [6.45, 7) is 1.77. The molecule has 1 heterocycles. The average Bonchev–Trinajstić information content (AvgIpc) is 3.34. The van der Waals surface area contributed by atoms with Gasteiger partial charge in [-0.15, -0.1) is 11.3 Å². The molecular weight excluding hydrogens is 372 g/mol. The van der Waals surface area contributed by atoms with Crippen molar-refractivity contribution in [1.29, 1.82) is 0 Å². The average molecular weight is 395 g/mol. The van der Waals surface area contributed by atoms with Crippen molar-refractivity contribution in [3.05, 3.63) is 46.8 Å². The maximum absolute atomic E-state index is 12.8. The number of methoxy groups -OCH3 is 1. The molecule has 1 saturated carbocycles. The monoisotopic (exact) mass is 394 g/mol. The molecule has 0 aliphatic heterocycles. The molecule has 140 valence electrons. The summed E-state index contributed by atoms with van der Waals surface area (Å²) in [5.41, 5.74) is 0.937. The molecule has 1 aromatic carbocycles. The Kier molecular flexibility index (Phi) is 5.64. The summed E-state index contributed by atoms with van der Waals surface area (Å²) in [6, 6.07) is 10.6. The lowest BCUT2D eigenvalue weighted by Gasteiger charge is -2.18. The van der Waals surface area contributed by atoms with E-state index in [2.05, 4.69) is 10.0 Å². The zero-order valence-corrected chi connectivity index (χ0v) is 16.3. The second-order valence-corrected chi connectivity index (χ2v) is 9.45. The van der Waals surface area contributed by atoms with Crippen molar-refractivity contribution >= 4 is 27.3 Å². The molecule has 1 amide bonds. The van der Waals surface area contributed by atoms with Crippen LogP contribution in [-0.2, 0) is 21.4 Å². The first-order valence-corrected chi connectivity index (χ1v) is 10.7. The number of hydrogen-bond acceptors (Lipinski definition) is 5. The van der Waals surface area contributed by atoms with Crippen molar-refractivity contribution < 1.29 is 17.9 Å². The summed E-state index contributed by atoms with van der Waals surface area (Å²) in [5, 5.41) is 2.68. The lowest BCUT2D eigenvalue weighted by atomic mass is 10.0. The van der Waals surface area contributed by atoms with Crippen molar-refractivity contribution in [2.24, 2.45) is 5.92 Å². The molecule has 1 fully saturated rings. The van der Waals surface area contributed by atoms with Crippen LogP contribution in [0, 0.1) is 5.92 Å². The predicted molar refractivity (Wildman–Crippen MR) is 101 cm³/mol. The largest absolute Gasteiger partial charge is 0.497 e. The molecule has 3 rings (SSSR count). The van der Waals surface area contributed by atoms with Crippen molar-refractivity contribution in [2.75, 3.05) is 7.11 Å². The van der Waals surface area contributed by atoms with E-state index in [1.807, 2.05) is 24.3 Å². The number of sulfonamides is 1. The Hall–Kier alpha value is -1.90. The minimum atomic E-state index is -3.62. The van der Waals surface area contributed by atoms with Crippen LogP contribution in [0.5, 0.6) is 5.75 Å². The number of hydrogen-bond donors (Lipinski definition) is 2. The molecule has 0 saturated heterocycles. The molecular formula is C18H22N2O4S2. The highest BCUT2D eigenvalue weighted by Gasteiger charge is 2.35. The number of amides is 1. The maximum Gasteiger partial charge on any atom is 0.250 e. The molecule has 2 N–H and O–H groups in total. The van der Waals surface area contributed by atoms with E-state index in [0.717, 1.165) is 29.0 Å².